The van der Waals surface area contributed by atoms with Gasteiger partial charge in [0, 0.05) is 11.1 Å². The van der Waals surface area contributed by atoms with E-state index in [0.29, 0.717) is 5.56 Å². The number of nitrogens with one attached hydrogen (secondary N) is 1. The Bertz CT molecular complexity index is 629. The maximum atomic E-state index is 14.5. The Morgan fingerprint density at radius 1 is 1.05 bits per heavy atom. The fourth-order valence-electron chi connectivity index (χ4n) is 2.80. The van der Waals surface area contributed by atoms with Crippen LogP contribution in [-0.4, -0.2) is 14.2 Å². The van der Waals surface area contributed by atoms with E-state index in [1.807, 2.05) is 52.1 Å². The van der Waals surface area contributed by atoms with E-state index < -0.39 is 0 Å². The highest BCUT2D eigenvalue weighted by Crippen LogP contribution is 2.33. The summed E-state index contributed by atoms with van der Waals surface area (Å²) in [5.74, 6) is 0.586. The fraction of sp³-hybridized carbons (Fsp3) is 0.333. The van der Waals surface area contributed by atoms with E-state index >= 15 is 0 Å². The molecule has 2 aromatic carbocycles. The van der Waals surface area contributed by atoms with Gasteiger partial charge in [0.25, 0.3) is 0 Å². The molecule has 0 fully saturated rings. The molecule has 21 heavy (non-hydrogen) atoms. The zero-order chi connectivity index (χ0) is 15.6. The zero-order valence-electron chi connectivity index (χ0n) is 13.3. The number of halogens is 1. The number of ether oxygens (including phenoxy) is 1. The molecule has 0 amide bonds. The third-order valence-electron chi connectivity index (χ3n) is 3.76. The summed E-state index contributed by atoms with van der Waals surface area (Å²) in [6, 6.07) is 9.33. The monoisotopic (exact) mass is 287 g/mol. The predicted octanol–water partition coefficient (Wildman–Crippen LogP) is 4.07. The predicted molar refractivity (Wildman–Crippen MR) is 84.5 cm³/mol. The van der Waals surface area contributed by atoms with Gasteiger partial charge in [0.2, 0.25) is 0 Å². The fourth-order valence-corrected chi connectivity index (χ4v) is 2.80. The summed E-state index contributed by atoms with van der Waals surface area (Å²) in [7, 11) is 3.48. The van der Waals surface area contributed by atoms with Crippen LogP contribution in [0.1, 0.15) is 33.9 Å². The topological polar surface area (TPSA) is 21.3 Å². The summed E-state index contributed by atoms with van der Waals surface area (Å²) in [4.78, 5) is 0. The highest BCUT2D eigenvalue weighted by atomic mass is 19.1. The molecular formula is C18H22FNO. The maximum absolute atomic E-state index is 14.5. The van der Waals surface area contributed by atoms with Crippen molar-refractivity contribution in [2.45, 2.75) is 26.8 Å². The smallest absolute Gasteiger partial charge is 0.128 e. The first-order chi connectivity index (χ1) is 9.97. The van der Waals surface area contributed by atoms with Gasteiger partial charge in [0.1, 0.15) is 11.6 Å². The number of methoxy groups -OCH3 is 1. The van der Waals surface area contributed by atoms with Crippen LogP contribution in [0.25, 0.3) is 0 Å². The minimum absolute atomic E-state index is 0.186. The van der Waals surface area contributed by atoms with E-state index in [1.165, 1.54) is 0 Å². The first kappa shape index (κ1) is 15.5. The highest BCUT2D eigenvalue weighted by molar-refractivity contribution is 5.46. The Morgan fingerprint density at radius 2 is 1.76 bits per heavy atom. The lowest BCUT2D eigenvalue weighted by atomic mass is 9.92. The molecule has 2 rings (SSSR count). The SMILES string of the molecule is CNC(c1ccc(C)cc1OC)c1c(C)cc(C)cc1F. The minimum Gasteiger partial charge on any atom is -0.496 e. The molecule has 1 N–H and O–H groups in total. The van der Waals surface area contributed by atoms with Gasteiger partial charge in [-0.1, -0.05) is 18.2 Å². The summed E-state index contributed by atoms with van der Waals surface area (Å²) in [6.07, 6.45) is 0. The van der Waals surface area contributed by atoms with Gasteiger partial charge in [-0.2, -0.15) is 0 Å². The van der Waals surface area contributed by atoms with Gasteiger partial charge in [-0.05, 0) is 56.6 Å². The van der Waals surface area contributed by atoms with Gasteiger partial charge in [-0.3, -0.25) is 0 Å². The molecule has 0 radical (unpaired) electrons. The normalized spacial score (nSPS) is 12.3. The number of rotatable bonds is 4. The van der Waals surface area contributed by atoms with Crippen molar-refractivity contribution in [1.29, 1.82) is 0 Å². The largest absolute Gasteiger partial charge is 0.496 e. The summed E-state index contributed by atoms with van der Waals surface area (Å²) >= 11 is 0. The third kappa shape index (κ3) is 3.08. The lowest BCUT2D eigenvalue weighted by Gasteiger charge is -2.23. The van der Waals surface area contributed by atoms with Crippen LogP contribution in [0.2, 0.25) is 0 Å². The summed E-state index contributed by atoms with van der Waals surface area (Å²) in [5, 5.41) is 3.21. The van der Waals surface area contributed by atoms with Crippen LogP contribution in [0.3, 0.4) is 0 Å². The van der Waals surface area contributed by atoms with Gasteiger partial charge in [-0.15, -0.1) is 0 Å². The van der Waals surface area contributed by atoms with E-state index in [2.05, 4.69) is 5.32 Å². The van der Waals surface area contributed by atoms with E-state index in [4.69, 9.17) is 4.74 Å². The molecule has 0 spiro atoms. The van der Waals surface area contributed by atoms with E-state index in [9.17, 15) is 4.39 Å². The average molecular weight is 287 g/mol. The van der Waals surface area contributed by atoms with Crippen LogP contribution in [0, 0.1) is 26.6 Å². The number of benzene rings is 2. The summed E-state index contributed by atoms with van der Waals surface area (Å²) < 4.78 is 19.9. The second kappa shape index (κ2) is 6.27. The first-order valence-electron chi connectivity index (χ1n) is 7.06. The standard InChI is InChI=1S/C18H22FNO/c1-11-6-7-14(16(10-11)21-5)18(20-4)17-13(3)8-12(2)9-15(17)19/h6-10,18,20H,1-5H3. The molecule has 0 aliphatic rings. The van der Waals surface area contributed by atoms with Crippen molar-refractivity contribution in [3.63, 3.8) is 0 Å². The van der Waals surface area contributed by atoms with Crippen LogP contribution in [-0.2, 0) is 0 Å². The Kier molecular flexibility index (Phi) is 4.63. The average Bonchev–Trinajstić information content (AvgIpc) is 2.43. The Labute approximate surface area is 126 Å². The summed E-state index contributed by atoms with van der Waals surface area (Å²) in [5.41, 5.74) is 4.60. The quantitative estimate of drug-likeness (QED) is 0.915. The molecule has 0 aliphatic carbocycles. The van der Waals surface area contributed by atoms with Gasteiger partial charge in [0.05, 0.1) is 13.2 Å². The van der Waals surface area contributed by atoms with Gasteiger partial charge in [-0.25, -0.2) is 4.39 Å². The molecule has 1 unspecified atom stereocenters. The second-order valence-corrected chi connectivity index (χ2v) is 5.44. The molecule has 2 nitrogen and oxygen atoms in total. The molecule has 0 saturated carbocycles. The number of hydrogen-bond acceptors (Lipinski definition) is 2. The van der Waals surface area contributed by atoms with E-state index in [-0.39, 0.29) is 11.9 Å². The lowest BCUT2D eigenvalue weighted by molar-refractivity contribution is 0.404. The Balaban J connectivity index is 2.60. The van der Waals surface area contributed by atoms with Gasteiger partial charge < -0.3 is 10.1 Å². The third-order valence-corrected chi connectivity index (χ3v) is 3.76. The highest BCUT2D eigenvalue weighted by Gasteiger charge is 2.22. The van der Waals surface area contributed by atoms with E-state index in [0.717, 1.165) is 28.0 Å². The van der Waals surface area contributed by atoms with Crippen molar-refractivity contribution in [2.24, 2.45) is 0 Å². The zero-order valence-corrected chi connectivity index (χ0v) is 13.3. The van der Waals surface area contributed by atoms with Crippen molar-refractivity contribution in [3.8, 4) is 5.75 Å². The molecule has 3 heteroatoms. The van der Waals surface area contributed by atoms with Crippen molar-refractivity contribution >= 4 is 0 Å². The molecule has 0 saturated heterocycles. The van der Waals surface area contributed by atoms with Crippen LogP contribution >= 0.6 is 0 Å². The first-order valence-corrected chi connectivity index (χ1v) is 7.06. The second-order valence-electron chi connectivity index (χ2n) is 5.44. The van der Waals surface area contributed by atoms with Crippen molar-refractivity contribution in [1.82, 2.24) is 5.32 Å². The number of aryl methyl sites for hydroxylation is 3. The van der Waals surface area contributed by atoms with Crippen LogP contribution in [0.5, 0.6) is 5.75 Å². The minimum atomic E-state index is -0.235. The van der Waals surface area contributed by atoms with Crippen LogP contribution < -0.4 is 10.1 Å². The molecule has 0 aromatic heterocycles. The maximum Gasteiger partial charge on any atom is 0.128 e. The Hall–Kier alpha value is -1.87. The van der Waals surface area contributed by atoms with Crippen LogP contribution in [0.4, 0.5) is 4.39 Å². The van der Waals surface area contributed by atoms with E-state index in [1.54, 1.807) is 13.2 Å². The molecule has 2 aromatic rings. The summed E-state index contributed by atoms with van der Waals surface area (Å²) in [6.45, 7) is 5.86. The lowest BCUT2D eigenvalue weighted by Crippen LogP contribution is -2.21. The van der Waals surface area contributed by atoms with Gasteiger partial charge >= 0.3 is 0 Å². The molecular weight excluding hydrogens is 265 g/mol. The van der Waals surface area contributed by atoms with Crippen molar-refractivity contribution in [3.05, 3.63) is 64.0 Å². The van der Waals surface area contributed by atoms with Gasteiger partial charge in [0.15, 0.2) is 0 Å². The Morgan fingerprint density at radius 3 is 2.33 bits per heavy atom. The molecule has 112 valence electrons. The van der Waals surface area contributed by atoms with Crippen LogP contribution in [0.15, 0.2) is 30.3 Å². The molecule has 0 bridgehead atoms. The van der Waals surface area contributed by atoms with Crippen molar-refractivity contribution < 1.29 is 9.13 Å². The number of hydrogen-bond donors (Lipinski definition) is 1. The molecule has 0 aliphatic heterocycles. The molecule has 1 atom stereocenters. The van der Waals surface area contributed by atoms with Crippen molar-refractivity contribution in [2.75, 3.05) is 14.2 Å². The molecule has 0 heterocycles.